The fraction of sp³-hybridized carbons (Fsp3) is 0.426. The number of likely N-dealkylation sites (tertiary alicyclic amines) is 2. The third kappa shape index (κ3) is 10.3. The predicted molar refractivity (Wildman–Crippen MR) is 271 cm³/mol. The van der Waals surface area contributed by atoms with Gasteiger partial charge in [-0.3, -0.25) is 9.59 Å². The van der Waals surface area contributed by atoms with Gasteiger partial charge in [0.15, 0.2) is 0 Å². The number of hydrogen-bond acceptors (Lipinski definition) is 10. The smallest absolute Gasteiger partial charge is 0.407 e. The van der Waals surface area contributed by atoms with Crippen LogP contribution in [-0.2, 0) is 19.1 Å². The second kappa shape index (κ2) is 21.3. The zero-order valence-electron chi connectivity index (χ0n) is 41.5. The summed E-state index contributed by atoms with van der Waals surface area (Å²) in [6.07, 6.45) is 11.1. The Morgan fingerprint density at radius 2 is 1.06 bits per heavy atom. The van der Waals surface area contributed by atoms with Crippen LogP contribution < -0.4 is 15.5 Å². The van der Waals surface area contributed by atoms with Crippen LogP contribution in [0.5, 0.6) is 0 Å². The van der Waals surface area contributed by atoms with Crippen LogP contribution >= 0.6 is 0 Å². The number of ether oxygens (including phenoxy) is 2. The van der Waals surface area contributed by atoms with Crippen molar-refractivity contribution in [3.05, 3.63) is 103 Å². The molecule has 17 nitrogen and oxygen atoms in total. The van der Waals surface area contributed by atoms with Crippen LogP contribution in [0.2, 0.25) is 0 Å². The lowest BCUT2D eigenvalue weighted by Gasteiger charge is -2.30. The summed E-state index contributed by atoms with van der Waals surface area (Å²) in [4.78, 5) is 79.8. The highest BCUT2D eigenvalue weighted by atomic mass is 16.5. The number of amides is 4. The Morgan fingerprint density at radius 3 is 1.49 bits per heavy atom. The largest absolute Gasteiger partial charge is 0.453 e. The average molecular weight is 964 g/mol. The van der Waals surface area contributed by atoms with Crippen LogP contribution in [0.3, 0.4) is 0 Å². The number of hydrogen-bond donors (Lipinski definition) is 4. The number of carbonyl (C=O) groups is 4. The van der Waals surface area contributed by atoms with Crippen LogP contribution in [0.25, 0.3) is 50.7 Å². The molecule has 4 N–H and O–H groups in total. The molecule has 4 unspecified atom stereocenters. The topological polar surface area (TPSA) is 196 Å². The number of aromatic nitrogens is 6. The number of benzene rings is 2. The number of piperidine rings is 1. The van der Waals surface area contributed by atoms with Crippen molar-refractivity contribution in [3.8, 4) is 50.7 Å². The van der Waals surface area contributed by atoms with Gasteiger partial charge in [0.25, 0.3) is 0 Å². The van der Waals surface area contributed by atoms with Gasteiger partial charge in [-0.2, -0.15) is 0 Å². The van der Waals surface area contributed by atoms with Gasteiger partial charge in [-0.1, -0.05) is 64.1 Å². The van der Waals surface area contributed by atoms with Crippen molar-refractivity contribution in [1.82, 2.24) is 49.9 Å². The maximum absolute atomic E-state index is 13.9. The summed E-state index contributed by atoms with van der Waals surface area (Å²) in [6, 6.07) is 23.3. The number of imidazole rings is 2. The fourth-order valence-electron chi connectivity index (χ4n) is 10.4. The highest BCUT2D eigenvalue weighted by Crippen LogP contribution is 2.38. The van der Waals surface area contributed by atoms with Crippen LogP contribution in [0, 0.1) is 11.8 Å². The summed E-state index contributed by atoms with van der Waals surface area (Å²) < 4.78 is 11.9. The highest BCUT2D eigenvalue weighted by molar-refractivity contribution is 5.87. The van der Waals surface area contributed by atoms with Gasteiger partial charge >= 0.3 is 12.2 Å². The van der Waals surface area contributed by atoms with Crippen molar-refractivity contribution in [2.75, 3.05) is 45.3 Å². The van der Waals surface area contributed by atoms with E-state index >= 15 is 0 Å². The number of rotatable bonds is 14. The maximum Gasteiger partial charge on any atom is 0.407 e. The van der Waals surface area contributed by atoms with E-state index in [4.69, 9.17) is 24.4 Å². The third-order valence-electron chi connectivity index (χ3n) is 14.2. The first-order chi connectivity index (χ1) is 34.4. The lowest BCUT2D eigenvalue weighted by molar-refractivity contribution is -0.136. The van der Waals surface area contributed by atoms with Crippen molar-refractivity contribution in [2.45, 2.75) is 96.8 Å². The number of H-pyrrole nitrogens is 2. The highest BCUT2D eigenvalue weighted by Gasteiger charge is 2.39. The number of aromatic amines is 2. The summed E-state index contributed by atoms with van der Waals surface area (Å²) in [5.74, 6) is 1.80. The normalized spacial score (nSPS) is 17.9. The number of nitrogens with zero attached hydrogens (tertiary/aromatic N) is 7. The van der Waals surface area contributed by atoms with Gasteiger partial charge < -0.3 is 49.3 Å². The standard InChI is InChI=1S/C54H65N11O6/c1-33(2)47(60-53(68)70-5)51(66)63-26-12-18-44(63)49-56-31-40(58-49)35-14-10-16-37(28-35)42-21-22-43(65(42)39-20-23-46(55-30-39)62-24-8-7-9-25-62)38-17-11-15-36(29-38)41-32-57-50(59-41)45-19-13-27-64(45)52(67)48(34(3)4)61-54(69)71-6/h10-11,14-17,20-23,28-34,44-45,47-48H,7-9,12-13,18-19,24-27H2,1-6H3,(H,56,58)(H,57,59)(H,60,68)(H,61,69). The van der Waals surface area contributed by atoms with Crippen LogP contribution in [-0.4, -0.2) is 116 Å². The minimum absolute atomic E-state index is 0.134. The average Bonchev–Trinajstić information content (AvgIpc) is 4.26. The van der Waals surface area contributed by atoms with Gasteiger partial charge in [0.05, 0.1) is 73.4 Å². The van der Waals surface area contributed by atoms with Crippen LogP contribution in [0.1, 0.15) is 96.4 Å². The molecule has 0 bridgehead atoms. The molecule has 4 atom stereocenters. The SMILES string of the molecule is COC(=O)NC(C(=O)N1CCCC1c1ncc(-c2cccc(-c3ccc(-c4cccc(-c5cnc(C6CCCN6C(=O)C(NC(=O)OC)C(C)C)[nH]5)c4)n3-c3ccc(N4CCCCC4)nc3)c2)[nH]1)C(C)C. The van der Waals surface area contributed by atoms with E-state index in [9.17, 15) is 19.2 Å². The molecule has 9 rings (SSSR count). The van der Waals surface area contributed by atoms with E-state index in [0.29, 0.717) is 24.7 Å². The Labute approximate surface area is 414 Å². The number of nitrogens with one attached hydrogen (secondary N) is 4. The Morgan fingerprint density at radius 1 is 0.577 bits per heavy atom. The molecular formula is C54H65N11O6. The van der Waals surface area contributed by atoms with Gasteiger partial charge in [0.2, 0.25) is 11.8 Å². The first-order valence-electron chi connectivity index (χ1n) is 25.0. The molecule has 6 aromatic rings. The summed E-state index contributed by atoms with van der Waals surface area (Å²) in [6.45, 7) is 10.8. The van der Waals surface area contributed by atoms with Gasteiger partial charge in [-0.15, -0.1) is 0 Å². The molecule has 0 radical (unpaired) electrons. The quantitative estimate of drug-likeness (QED) is 0.0818. The molecule has 7 heterocycles. The zero-order chi connectivity index (χ0) is 49.8. The van der Waals surface area contributed by atoms with E-state index in [0.717, 1.165) is 108 Å². The van der Waals surface area contributed by atoms with E-state index in [2.05, 4.69) is 90.7 Å². The van der Waals surface area contributed by atoms with Crippen LogP contribution in [0.15, 0.2) is 91.4 Å². The van der Waals surface area contributed by atoms with E-state index < -0.39 is 24.3 Å². The Bertz CT molecular complexity index is 2680. The molecule has 3 saturated heterocycles. The number of anilines is 1. The van der Waals surface area contributed by atoms with Crippen molar-refractivity contribution < 1.29 is 28.7 Å². The third-order valence-corrected chi connectivity index (χ3v) is 14.2. The summed E-state index contributed by atoms with van der Waals surface area (Å²) in [5, 5.41) is 5.46. The lowest BCUT2D eigenvalue weighted by Crippen LogP contribution is -2.51. The van der Waals surface area contributed by atoms with E-state index in [1.807, 2.05) is 68.2 Å². The van der Waals surface area contributed by atoms with Crippen LogP contribution in [0.4, 0.5) is 15.4 Å². The molecule has 0 aliphatic carbocycles. The molecule has 3 aliphatic heterocycles. The lowest BCUT2D eigenvalue weighted by atomic mass is 10.0. The number of alkyl carbamates (subject to hydrolysis) is 2. The Kier molecular flexibility index (Phi) is 14.6. The molecule has 3 aliphatic rings. The minimum Gasteiger partial charge on any atom is -0.453 e. The molecule has 0 saturated carbocycles. The molecule has 3 fully saturated rings. The molecule has 71 heavy (non-hydrogen) atoms. The van der Waals surface area contributed by atoms with E-state index in [1.165, 1.54) is 20.6 Å². The Hall–Kier alpha value is -7.43. The first kappa shape index (κ1) is 48.6. The minimum atomic E-state index is -0.721. The molecule has 2 aromatic carbocycles. The molecule has 4 aromatic heterocycles. The van der Waals surface area contributed by atoms with Gasteiger partial charge in [0.1, 0.15) is 29.6 Å². The van der Waals surface area contributed by atoms with E-state index in [-0.39, 0.29) is 35.7 Å². The fourth-order valence-corrected chi connectivity index (χ4v) is 10.4. The Balaban J connectivity index is 1.02. The maximum atomic E-state index is 13.9. The van der Waals surface area contributed by atoms with Crippen molar-refractivity contribution in [1.29, 1.82) is 0 Å². The van der Waals surface area contributed by atoms with Gasteiger partial charge in [-0.05, 0) is 104 Å². The van der Waals surface area contributed by atoms with Crippen molar-refractivity contribution >= 4 is 29.8 Å². The summed E-state index contributed by atoms with van der Waals surface area (Å²) in [5.41, 5.74) is 8.38. The predicted octanol–water partition coefficient (Wildman–Crippen LogP) is 9.07. The second-order valence-electron chi connectivity index (χ2n) is 19.5. The van der Waals surface area contributed by atoms with Crippen molar-refractivity contribution in [3.63, 3.8) is 0 Å². The monoisotopic (exact) mass is 964 g/mol. The molecule has 0 spiro atoms. The molecule has 372 valence electrons. The molecule has 4 amide bonds. The van der Waals surface area contributed by atoms with E-state index in [1.54, 1.807) is 0 Å². The number of methoxy groups -OCH3 is 2. The summed E-state index contributed by atoms with van der Waals surface area (Å²) >= 11 is 0. The van der Waals surface area contributed by atoms with Gasteiger partial charge in [0, 0.05) is 37.3 Å². The first-order valence-corrected chi connectivity index (χ1v) is 25.0. The number of carbonyl (C=O) groups excluding carboxylic acids is 4. The van der Waals surface area contributed by atoms with Crippen molar-refractivity contribution in [2.24, 2.45) is 11.8 Å². The summed E-state index contributed by atoms with van der Waals surface area (Å²) in [7, 11) is 2.59. The second-order valence-corrected chi connectivity index (χ2v) is 19.5. The molecule has 17 heteroatoms. The van der Waals surface area contributed by atoms with Gasteiger partial charge in [-0.25, -0.2) is 24.5 Å². The number of pyridine rings is 1. The molecular weight excluding hydrogens is 899 g/mol. The zero-order valence-corrected chi connectivity index (χ0v) is 41.5.